The van der Waals surface area contributed by atoms with Crippen LogP contribution < -0.4 is 5.32 Å². The third-order valence-corrected chi connectivity index (χ3v) is 6.54. The minimum absolute atomic E-state index is 0.00483. The number of benzene rings is 1. The van der Waals surface area contributed by atoms with Gasteiger partial charge in [-0.2, -0.15) is 17.5 Å². The van der Waals surface area contributed by atoms with Crippen molar-refractivity contribution in [2.75, 3.05) is 33.4 Å². The molecule has 0 aliphatic carbocycles. The zero-order chi connectivity index (χ0) is 20.3. The molecule has 1 aliphatic rings. The van der Waals surface area contributed by atoms with Crippen LogP contribution in [0.5, 0.6) is 0 Å². The molecule has 0 spiro atoms. The minimum atomic E-state index is -4.51. The Labute approximate surface area is 156 Å². The van der Waals surface area contributed by atoms with E-state index in [-0.39, 0.29) is 15.9 Å². The first-order valence-electron chi connectivity index (χ1n) is 8.41. The molecule has 1 heterocycles. The molecule has 152 valence electrons. The maximum absolute atomic E-state index is 12.7. The first-order chi connectivity index (χ1) is 12.5. The van der Waals surface area contributed by atoms with E-state index in [1.807, 2.05) is 0 Å². The van der Waals surface area contributed by atoms with Gasteiger partial charge in [-0.05, 0) is 42.5 Å². The van der Waals surface area contributed by atoms with E-state index in [2.05, 4.69) is 6.92 Å². The molecule has 0 saturated carbocycles. The number of halogens is 3. The van der Waals surface area contributed by atoms with Crippen molar-refractivity contribution in [1.29, 1.82) is 0 Å². The van der Waals surface area contributed by atoms with Crippen LogP contribution in [0.3, 0.4) is 0 Å². The highest BCUT2D eigenvalue weighted by Crippen LogP contribution is 2.33. The molecule has 1 N–H and O–H groups in total. The van der Waals surface area contributed by atoms with Gasteiger partial charge in [0.1, 0.15) is 6.54 Å². The van der Waals surface area contributed by atoms with Crippen molar-refractivity contribution in [2.45, 2.75) is 30.8 Å². The van der Waals surface area contributed by atoms with Crippen LogP contribution in [0.1, 0.15) is 30.1 Å². The van der Waals surface area contributed by atoms with E-state index in [0.29, 0.717) is 32.5 Å². The first-order valence-corrected chi connectivity index (χ1v) is 9.85. The minimum Gasteiger partial charge on any atom is -0.384 e. The second kappa shape index (κ2) is 8.15. The van der Waals surface area contributed by atoms with Crippen molar-refractivity contribution in [3.05, 3.63) is 29.8 Å². The van der Waals surface area contributed by atoms with Crippen LogP contribution in [-0.2, 0) is 14.8 Å². The topological polar surface area (TPSA) is 75.7 Å². The summed E-state index contributed by atoms with van der Waals surface area (Å²) in [5.41, 5.74) is -0.106. The fourth-order valence-electron chi connectivity index (χ4n) is 2.97. The van der Waals surface area contributed by atoms with Crippen LogP contribution in [-0.4, -0.2) is 58.2 Å². The van der Waals surface area contributed by atoms with Crippen LogP contribution >= 0.6 is 0 Å². The molecule has 27 heavy (non-hydrogen) atoms. The normalized spacial score (nSPS) is 18.3. The van der Waals surface area contributed by atoms with Crippen molar-refractivity contribution < 1.29 is 31.1 Å². The van der Waals surface area contributed by atoms with E-state index in [0.717, 1.165) is 0 Å². The summed E-state index contributed by atoms with van der Waals surface area (Å²) >= 11 is 0. The van der Waals surface area contributed by atoms with Crippen LogP contribution in [0, 0.1) is 5.41 Å². The van der Waals surface area contributed by atoms with Gasteiger partial charge in [-0.25, -0.2) is 8.42 Å². The number of nitrogens with zero attached hydrogens (tertiary/aromatic N) is 1. The molecular formula is C17H23F3N2O4S. The summed E-state index contributed by atoms with van der Waals surface area (Å²) in [5.74, 6) is -0.912. The van der Waals surface area contributed by atoms with Gasteiger partial charge in [0, 0.05) is 25.8 Å². The van der Waals surface area contributed by atoms with Gasteiger partial charge in [-0.1, -0.05) is 6.92 Å². The highest BCUT2D eigenvalue weighted by molar-refractivity contribution is 7.89. The average Bonchev–Trinajstić information content (AvgIpc) is 2.59. The zero-order valence-corrected chi connectivity index (χ0v) is 16.0. The Morgan fingerprint density at radius 2 is 1.78 bits per heavy atom. The van der Waals surface area contributed by atoms with E-state index in [4.69, 9.17) is 4.74 Å². The third-order valence-electron chi connectivity index (χ3n) is 4.63. The van der Waals surface area contributed by atoms with Gasteiger partial charge in [0.2, 0.25) is 10.0 Å². The molecule has 1 aromatic rings. The molecule has 0 atom stereocenters. The Bertz CT molecular complexity index is 755. The van der Waals surface area contributed by atoms with Crippen molar-refractivity contribution >= 4 is 15.9 Å². The number of ether oxygens (including phenoxy) is 1. The standard InChI is InChI=1S/C17H23F3N2O4S/c1-16(12-26-2)7-9-22(10-8-16)27(24,25)14-5-3-13(4-6-14)15(23)21-11-17(18,19)20/h3-6H,7-12H2,1-2H3,(H,21,23). The SMILES string of the molecule is COCC1(C)CCN(S(=O)(=O)c2ccc(C(=O)NCC(F)(F)F)cc2)CC1. The van der Waals surface area contributed by atoms with E-state index in [9.17, 15) is 26.4 Å². The maximum Gasteiger partial charge on any atom is 0.405 e. The highest BCUT2D eigenvalue weighted by atomic mass is 32.2. The van der Waals surface area contributed by atoms with Gasteiger partial charge in [0.25, 0.3) is 5.91 Å². The van der Waals surface area contributed by atoms with Gasteiger partial charge in [0.05, 0.1) is 11.5 Å². The van der Waals surface area contributed by atoms with E-state index < -0.39 is 28.7 Å². The summed E-state index contributed by atoms with van der Waals surface area (Å²) < 4.78 is 68.5. The molecule has 1 aliphatic heterocycles. The predicted octanol–water partition coefficient (Wildman–Crippen LogP) is 2.42. The second-order valence-corrected chi connectivity index (χ2v) is 8.91. The molecule has 1 saturated heterocycles. The van der Waals surface area contributed by atoms with E-state index >= 15 is 0 Å². The molecule has 0 bridgehead atoms. The maximum atomic E-state index is 12.7. The fraction of sp³-hybridized carbons (Fsp3) is 0.588. The van der Waals surface area contributed by atoms with Gasteiger partial charge < -0.3 is 10.1 Å². The number of carbonyl (C=O) groups is 1. The Morgan fingerprint density at radius 3 is 2.26 bits per heavy atom. The highest BCUT2D eigenvalue weighted by Gasteiger charge is 2.35. The Kier molecular flexibility index (Phi) is 6.54. The smallest absolute Gasteiger partial charge is 0.384 e. The molecular weight excluding hydrogens is 385 g/mol. The Morgan fingerprint density at radius 1 is 1.22 bits per heavy atom. The number of amides is 1. The molecule has 6 nitrogen and oxygen atoms in total. The monoisotopic (exact) mass is 408 g/mol. The van der Waals surface area contributed by atoms with Gasteiger partial charge in [-0.15, -0.1) is 0 Å². The number of carbonyl (C=O) groups excluding carboxylic acids is 1. The Hall–Kier alpha value is -1.65. The molecule has 1 amide bonds. The number of sulfonamides is 1. The molecule has 1 fully saturated rings. The zero-order valence-electron chi connectivity index (χ0n) is 15.2. The number of hydrogen-bond donors (Lipinski definition) is 1. The molecule has 0 unspecified atom stereocenters. The van der Waals surface area contributed by atoms with Crippen LogP contribution in [0.2, 0.25) is 0 Å². The average molecular weight is 408 g/mol. The lowest BCUT2D eigenvalue weighted by Gasteiger charge is -2.38. The summed E-state index contributed by atoms with van der Waals surface area (Å²) in [5, 5.41) is 1.75. The molecule has 2 rings (SSSR count). The molecule has 0 aromatic heterocycles. The lowest BCUT2D eigenvalue weighted by Crippen LogP contribution is -2.43. The van der Waals surface area contributed by atoms with Gasteiger partial charge in [-0.3, -0.25) is 4.79 Å². The molecule has 0 radical (unpaired) electrons. The lowest BCUT2D eigenvalue weighted by molar-refractivity contribution is -0.123. The number of alkyl halides is 3. The lowest BCUT2D eigenvalue weighted by atomic mass is 9.82. The van der Waals surface area contributed by atoms with Gasteiger partial charge >= 0.3 is 6.18 Å². The summed E-state index contributed by atoms with van der Waals surface area (Å²) in [6.07, 6.45) is -3.18. The number of nitrogens with one attached hydrogen (secondary N) is 1. The summed E-state index contributed by atoms with van der Waals surface area (Å²) in [6.45, 7) is 1.88. The number of rotatable bonds is 6. The van der Waals surface area contributed by atoms with Gasteiger partial charge in [0.15, 0.2) is 0 Å². The molecule has 10 heteroatoms. The second-order valence-electron chi connectivity index (χ2n) is 6.97. The van der Waals surface area contributed by atoms with E-state index in [1.54, 1.807) is 12.4 Å². The van der Waals surface area contributed by atoms with Crippen LogP contribution in [0.25, 0.3) is 0 Å². The fourth-order valence-corrected chi connectivity index (χ4v) is 4.41. The summed E-state index contributed by atoms with van der Waals surface area (Å²) in [7, 11) is -2.11. The first kappa shape index (κ1) is 21.6. The quantitative estimate of drug-likeness (QED) is 0.785. The van der Waals surface area contributed by atoms with Crippen LogP contribution in [0.4, 0.5) is 13.2 Å². The molecule has 1 aromatic carbocycles. The van der Waals surface area contributed by atoms with E-state index in [1.165, 1.54) is 28.6 Å². The number of hydrogen-bond acceptors (Lipinski definition) is 4. The summed E-state index contributed by atoms with van der Waals surface area (Å²) in [6, 6.07) is 4.89. The summed E-state index contributed by atoms with van der Waals surface area (Å²) in [4.78, 5) is 11.7. The third kappa shape index (κ3) is 5.66. The Balaban J connectivity index is 2.04. The van der Waals surface area contributed by atoms with Crippen molar-refractivity contribution in [3.63, 3.8) is 0 Å². The van der Waals surface area contributed by atoms with Crippen molar-refractivity contribution in [3.8, 4) is 0 Å². The van der Waals surface area contributed by atoms with Crippen molar-refractivity contribution in [2.24, 2.45) is 5.41 Å². The van der Waals surface area contributed by atoms with Crippen molar-refractivity contribution in [1.82, 2.24) is 9.62 Å². The van der Waals surface area contributed by atoms with Crippen LogP contribution in [0.15, 0.2) is 29.2 Å². The number of piperidine rings is 1. The largest absolute Gasteiger partial charge is 0.405 e. The predicted molar refractivity (Wildman–Crippen MR) is 92.8 cm³/mol. The number of methoxy groups -OCH3 is 1.